The topological polar surface area (TPSA) is 65.9 Å². The average Bonchev–Trinajstić information content (AvgIpc) is 2.64. The largest absolute Gasteiger partial charge is 0.497 e. The third-order valence-electron chi connectivity index (χ3n) is 4.62. The summed E-state index contributed by atoms with van der Waals surface area (Å²) in [5.74, 6) is 2.18. The molecule has 0 saturated heterocycles. The quantitative estimate of drug-likeness (QED) is 0.249. The van der Waals surface area contributed by atoms with Crippen molar-refractivity contribution in [1.29, 1.82) is 0 Å². The van der Waals surface area contributed by atoms with E-state index in [0.29, 0.717) is 12.5 Å². The molecule has 0 bridgehead atoms. The van der Waals surface area contributed by atoms with E-state index in [9.17, 15) is 5.11 Å². The Hall–Kier alpha value is -1.02. The van der Waals surface area contributed by atoms with Crippen LogP contribution in [0.3, 0.4) is 0 Å². The summed E-state index contributed by atoms with van der Waals surface area (Å²) in [7, 11) is 1.69. The van der Waals surface area contributed by atoms with Gasteiger partial charge < -0.3 is 20.5 Å². The van der Waals surface area contributed by atoms with Crippen LogP contribution in [-0.4, -0.2) is 44.4 Å². The Morgan fingerprint density at radius 1 is 1.22 bits per heavy atom. The van der Waals surface area contributed by atoms with Gasteiger partial charge in [0.25, 0.3) is 0 Å². The zero-order chi connectivity index (χ0) is 19.4. The third kappa shape index (κ3) is 9.65. The van der Waals surface area contributed by atoms with Gasteiger partial charge in [0.05, 0.1) is 13.7 Å². The molecule has 0 radical (unpaired) electrons. The lowest BCUT2D eigenvalue weighted by Gasteiger charge is -2.25. The summed E-state index contributed by atoms with van der Waals surface area (Å²) in [6.45, 7) is 11.2. The lowest BCUT2D eigenvalue weighted by atomic mass is 9.85. The van der Waals surface area contributed by atoms with Crippen molar-refractivity contribution < 1.29 is 9.84 Å². The number of rotatable bonds is 11. The van der Waals surface area contributed by atoms with Crippen molar-refractivity contribution in [2.45, 2.75) is 52.4 Å². The molecule has 1 unspecified atom stereocenters. The lowest BCUT2D eigenvalue weighted by molar-refractivity contribution is 0.251. The van der Waals surface area contributed by atoms with E-state index in [4.69, 9.17) is 9.73 Å². The van der Waals surface area contributed by atoms with Crippen LogP contribution >= 0.6 is 24.0 Å². The first-order valence-corrected chi connectivity index (χ1v) is 9.74. The van der Waals surface area contributed by atoms with Gasteiger partial charge in [0, 0.05) is 25.1 Å². The maximum atomic E-state index is 9.23. The lowest BCUT2D eigenvalue weighted by Crippen LogP contribution is -2.41. The zero-order valence-corrected chi connectivity index (χ0v) is 19.9. The van der Waals surface area contributed by atoms with Crippen LogP contribution < -0.4 is 15.4 Å². The number of aliphatic hydroxyl groups excluding tert-OH is 1. The molecule has 0 aromatic heterocycles. The highest BCUT2D eigenvalue weighted by Gasteiger charge is 2.21. The predicted molar refractivity (Wildman–Crippen MR) is 126 cm³/mol. The summed E-state index contributed by atoms with van der Waals surface area (Å²) in [4.78, 5) is 4.80. The second-order valence-corrected chi connectivity index (χ2v) is 7.36. The molecule has 3 N–H and O–H groups in total. The molecule has 1 aromatic rings. The van der Waals surface area contributed by atoms with E-state index in [1.54, 1.807) is 7.11 Å². The van der Waals surface area contributed by atoms with Crippen LogP contribution in [0.25, 0.3) is 0 Å². The van der Waals surface area contributed by atoms with Crippen molar-refractivity contribution in [3.05, 3.63) is 29.8 Å². The van der Waals surface area contributed by atoms with Crippen molar-refractivity contribution in [3.63, 3.8) is 0 Å². The molecule has 1 rings (SSSR count). The van der Waals surface area contributed by atoms with Gasteiger partial charge in [-0.05, 0) is 43.4 Å². The Labute approximate surface area is 182 Å². The van der Waals surface area contributed by atoms with E-state index >= 15 is 0 Å². The molecule has 0 aliphatic carbocycles. The first-order chi connectivity index (χ1) is 12.5. The van der Waals surface area contributed by atoms with E-state index in [0.717, 1.165) is 44.1 Å². The minimum absolute atomic E-state index is 0. The maximum absolute atomic E-state index is 9.23. The molecule has 0 amide bonds. The molecule has 27 heavy (non-hydrogen) atoms. The van der Waals surface area contributed by atoms with Gasteiger partial charge in [0.2, 0.25) is 0 Å². The maximum Gasteiger partial charge on any atom is 0.191 e. The molecule has 0 aliphatic heterocycles. The predicted octanol–water partition coefficient (Wildman–Crippen LogP) is 3.94. The van der Waals surface area contributed by atoms with Crippen molar-refractivity contribution >= 4 is 29.9 Å². The minimum atomic E-state index is -0.0925. The number of aliphatic hydroxyl groups is 1. The second kappa shape index (κ2) is 14.0. The molecule has 5 nitrogen and oxygen atoms in total. The summed E-state index contributed by atoms with van der Waals surface area (Å²) in [5, 5.41) is 16.0. The number of hydrogen-bond donors (Lipinski definition) is 3. The summed E-state index contributed by atoms with van der Waals surface area (Å²) in [5.41, 5.74) is 1.12. The van der Waals surface area contributed by atoms with E-state index < -0.39 is 0 Å². The van der Waals surface area contributed by atoms with Gasteiger partial charge >= 0.3 is 0 Å². The molecule has 0 spiro atoms. The first-order valence-electron chi connectivity index (χ1n) is 9.74. The summed E-state index contributed by atoms with van der Waals surface area (Å²) < 4.78 is 5.34. The molecule has 1 aromatic carbocycles. The van der Waals surface area contributed by atoms with Gasteiger partial charge in [-0.15, -0.1) is 24.0 Å². The number of ether oxygens (including phenoxy) is 1. The standard InChI is InChI=1S/C21H37N3O2.HI/c1-6-9-17(12-13-25)15-23-20(22-7-2)24-16-21(3,4)18-10-8-11-19(14-18)26-5;/h8,10-11,14,17,25H,6-7,9,12-13,15-16H2,1-5H3,(H2,22,23,24);1H. The smallest absolute Gasteiger partial charge is 0.191 e. The second-order valence-electron chi connectivity index (χ2n) is 7.36. The Kier molecular flexibility index (Phi) is 13.5. The normalized spacial score (nSPS) is 12.9. The molecule has 0 aliphatic rings. The molecular formula is C21H38IN3O2. The van der Waals surface area contributed by atoms with Crippen LogP contribution in [-0.2, 0) is 5.41 Å². The van der Waals surface area contributed by atoms with Gasteiger partial charge in [0.15, 0.2) is 5.96 Å². The minimum Gasteiger partial charge on any atom is -0.497 e. The SMILES string of the molecule is CCCC(CCO)CNC(=NCC(C)(C)c1cccc(OC)c1)NCC.I. The van der Waals surface area contributed by atoms with Crippen LogP contribution in [0.15, 0.2) is 29.3 Å². The van der Waals surface area contributed by atoms with Crippen molar-refractivity contribution in [1.82, 2.24) is 10.6 Å². The fraction of sp³-hybridized carbons (Fsp3) is 0.667. The fourth-order valence-electron chi connectivity index (χ4n) is 2.93. The Bertz CT molecular complexity index is 544. The number of halogens is 1. The Balaban J connectivity index is 0.00000676. The van der Waals surface area contributed by atoms with Gasteiger partial charge in [-0.2, -0.15) is 0 Å². The zero-order valence-electron chi connectivity index (χ0n) is 17.5. The summed E-state index contributed by atoms with van der Waals surface area (Å²) >= 11 is 0. The molecule has 6 heteroatoms. The molecular weight excluding hydrogens is 453 g/mol. The molecule has 0 saturated carbocycles. The van der Waals surface area contributed by atoms with Crippen LogP contribution in [0.4, 0.5) is 0 Å². The van der Waals surface area contributed by atoms with Crippen LogP contribution in [0.5, 0.6) is 5.75 Å². The fourth-order valence-corrected chi connectivity index (χ4v) is 2.93. The highest BCUT2D eigenvalue weighted by Crippen LogP contribution is 2.26. The number of guanidine groups is 1. The molecule has 1 atom stereocenters. The summed E-state index contributed by atoms with van der Waals surface area (Å²) in [6.07, 6.45) is 3.07. The number of benzene rings is 1. The van der Waals surface area contributed by atoms with Gasteiger partial charge in [-0.25, -0.2) is 0 Å². The van der Waals surface area contributed by atoms with E-state index in [2.05, 4.69) is 50.5 Å². The van der Waals surface area contributed by atoms with E-state index in [-0.39, 0.29) is 36.0 Å². The van der Waals surface area contributed by atoms with Crippen LogP contribution in [0, 0.1) is 5.92 Å². The van der Waals surface area contributed by atoms with Crippen LogP contribution in [0.2, 0.25) is 0 Å². The van der Waals surface area contributed by atoms with Gasteiger partial charge in [-0.3, -0.25) is 4.99 Å². The highest BCUT2D eigenvalue weighted by molar-refractivity contribution is 14.0. The molecule has 0 heterocycles. The van der Waals surface area contributed by atoms with Crippen molar-refractivity contribution in [2.75, 3.05) is 33.4 Å². The van der Waals surface area contributed by atoms with E-state index in [1.165, 1.54) is 5.56 Å². The molecule has 156 valence electrons. The molecule has 0 fully saturated rings. The number of nitrogens with zero attached hydrogens (tertiary/aromatic N) is 1. The van der Waals surface area contributed by atoms with E-state index in [1.807, 2.05) is 12.1 Å². The number of hydrogen-bond acceptors (Lipinski definition) is 3. The Morgan fingerprint density at radius 2 is 1.96 bits per heavy atom. The monoisotopic (exact) mass is 491 g/mol. The third-order valence-corrected chi connectivity index (χ3v) is 4.62. The van der Waals surface area contributed by atoms with Gasteiger partial charge in [0.1, 0.15) is 5.75 Å². The summed E-state index contributed by atoms with van der Waals surface area (Å²) in [6, 6.07) is 8.18. The average molecular weight is 491 g/mol. The van der Waals surface area contributed by atoms with Crippen LogP contribution in [0.1, 0.15) is 52.5 Å². The van der Waals surface area contributed by atoms with Gasteiger partial charge in [-0.1, -0.05) is 39.3 Å². The number of nitrogens with one attached hydrogen (secondary N) is 2. The first kappa shape index (κ1) is 26.0. The number of aliphatic imine (C=N–C) groups is 1. The van der Waals surface area contributed by atoms with Crippen molar-refractivity contribution in [2.24, 2.45) is 10.9 Å². The highest BCUT2D eigenvalue weighted by atomic mass is 127. The van der Waals surface area contributed by atoms with Crippen molar-refractivity contribution in [3.8, 4) is 5.75 Å². The Morgan fingerprint density at radius 3 is 2.56 bits per heavy atom. The number of methoxy groups -OCH3 is 1.